The average molecular weight is 679 g/mol. The van der Waals surface area contributed by atoms with Gasteiger partial charge >= 0.3 is 0 Å². The fourth-order valence-corrected chi connectivity index (χ4v) is 7.47. The van der Waals surface area contributed by atoms with Crippen molar-refractivity contribution in [3.05, 3.63) is 150 Å². The molecular weight excluding hydrogens is 637 g/mol. The number of nitrogens with two attached hydrogens (primary N) is 1. The number of rotatable bonds is 8. The molecule has 4 bridgehead atoms. The van der Waals surface area contributed by atoms with Crippen LogP contribution in [0.4, 0.5) is 0 Å². The third kappa shape index (κ3) is 10.9. The second-order valence-corrected chi connectivity index (χ2v) is 14.4. The average Bonchev–Trinajstić information content (AvgIpc) is 3.09. The van der Waals surface area contributed by atoms with Gasteiger partial charge in [0.2, 0.25) is 5.91 Å². The first-order valence-corrected chi connectivity index (χ1v) is 18.1. The second-order valence-electron chi connectivity index (χ2n) is 12.3. The number of carbonyl (C=O) groups excluding carboxylic acids is 2. The molecule has 2 atom stereocenters. The molecule has 0 aromatic heterocycles. The van der Waals surface area contributed by atoms with E-state index in [4.69, 9.17) is 15.2 Å². The van der Waals surface area contributed by atoms with Gasteiger partial charge in [0.1, 0.15) is 30.5 Å². The second kappa shape index (κ2) is 16.8. The van der Waals surface area contributed by atoms with Crippen molar-refractivity contribution in [1.82, 2.24) is 5.32 Å². The van der Waals surface area contributed by atoms with Crippen LogP contribution in [0.15, 0.2) is 122 Å². The Morgan fingerprint density at radius 3 is 1.90 bits per heavy atom. The maximum Gasteiger partial charge on any atom is 0.224 e. The Labute approximate surface area is 288 Å². The lowest BCUT2D eigenvalue weighted by atomic mass is 9.87. The van der Waals surface area contributed by atoms with Crippen molar-refractivity contribution >= 4 is 27.2 Å². The summed E-state index contributed by atoms with van der Waals surface area (Å²) in [5, 5.41) is 2.99. The number of hydrogen-bond acceptors (Lipinski definition) is 7. The highest BCUT2D eigenvalue weighted by molar-refractivity contribution is 7.90. The number of hydrogen-bond donors (Lipinski definition) is 2. The maximum absolute atomic E-state index is 14.2. The molecule has 49 heavy (non-hydrogen) atoms. The number of carbonyl (C=O) groups is 2. The SMILES string of the molecule is C=C(N)c1ccc(CNC(=O)[C@H]2CC(=O)[C@H](CS(=O)(=O)Cc3ccccc3)Cc3ccc(cc3)OCC=CCOc3ccc(cc3)C2)cc1. The highest BCUT2D eigenvalue weighted by Gasteiger charge is 2.30. The first kappa shape index (κ1) is 35.2. The van der Waals surface area contributed by atoms with Crippen molar-refractivity contribution in [3.8, 4) is 11.5 Å². The van der Waals surface area contributed by atoms with Crippen LogP contribution in [-0.4, -0.2) is 39.1 Å². The lowest BCUT2D eigenvalue weighted by Crippen LogP contribution is -2.35. The third-order valence-electron chi connectivity index (χ3n) is 8.42. The number of benzene rings is 4. The third-order valence-corrected chi connectivity index (χ3v) is 10.1. The van der Waals surface area contributed by atoms with Crippen molar-refractivity contribution in [2.24, 2.45) is 17.6 Å². The molecule has 0 saturated carbocycles. The molecule has 8 rings (SSSR count). The smallest absolute Gasteiger partial charge is 0.224 e. The summed E-state index contributed by atoms with van der Waals surface area (Å²) >= 11 is 0. The Balaban J connectivity index is 1.41. The van der Waals surface area contributed by atoms with E-state index in [1.807, 2.05) is 91.0 Å². The molecule has 9 heteroatoms. The molecule has 0 aliphatic carbocycles. The molecule has 3 N–H and O–H groups in total. The number of sulfone groups is 1. The van der Waals surface area contributed by atoms with Crippen molar-refractivity contribution in [2.45, 2.75) is 31.6 Å². The summed E-state index contributed by atoms with van der Waals surface area (Å²) in [6.45, 7) is 4.74. The normalized spacial score (nSPS) is 17.1. The molecule has 4 aliphatic heterocycles. The zero-order valence-electron chi connectivity index (χ0n) is 27.4. The topological polar surface area (TPSA) is 125 Å². The van der Waals surface area contributed by atoms with Gasteiger partial charge in [0.15, 0.2) is 9.84 Å². The predicted octanol–water partition coefficient (Wildman–Crippen LogP) is 5.85. The van der Waals surface area contributed by atoms with Crippen LogP contribution in [0.5, 0.6) is 11.5 Å². The van der Waals surface area contributed by atoms with E-state index in [1.54, 1.807) is 24.3 Å². The highest BCUT2D eigenvalue weighted by Crippen LogP contribution is 2.24. The maximum atomic E-state index is 14.2. The van der Waals surface area contributed by atoms with Gasteiger partial charge in [-0.1, -0.05) is 85.4 Å². The lowest BCUT2D eigenvalue weighted by molar-refractivity contribution is -0.130. The molecule has 8 nitrogen and oxygen atoms in total. The number of amides is 1. The molecule has 4 aromatic carbocycles. The van der Waals surface area contributed by atoms with Gasteiger partial charge in [-0.3, -0.25) is 9.59 Å². The van der Waals surface area contributed by atoms with Crippen LogP contribution in [0.25, 0.3) is 5.70 Å². The van der Waals surface area contributed by atoms with Gasteiger partial charge in [-0.2, -0.15) is 0 Å². The van der Waals surface area contributed by atoms with E-state index < -0.39 is 21.7 Å². The number of ketones is 1. The molecule has 4 aliphatic rings. The van der Waals surface area contributed by atoms with Gasteiger partial charge in [-0.25, -0.2) is 8.42 Å². The van der Waals surface area contributed by atoms with Crippen LogP contribution in [0.1, 0.15) is 34.2 Å². The van der Waals surface area contributed by atoms with Crippen LogP contribution in [0, 0.1) is 11.8 Å². The molecular formula is C40H42N2O6S. The van der Waals surface area contributed by atoms with Crippen molar-refractivity contribution in [3.63, 3.8) is 0 Å². The Bertz CT molecular complexity index is 1850. The van der Waals surface area contributed by atoms with Gasteiger partial charge in [0.25, 0.3) is 0 Å². The molecule has 0 unspecified atom stereocenters. The number of ether oxygens (including phenoxy) is 2. The van der Waals surface area contributed by atoms with Crippen molar-refractivity contribution in [1.29, 1.82) is 0 Å². The summed E-state index contributed by atoms with van der Waals surface area (Å²) in [4.78, 5) is 27.9. The van der Waals surface area contributed by atoms with Crippen LogP contribution in [-0.2, 0) is 44.6 Å². The van der Waals surface area contributed by atoms with Gasteiger partial charge in [-0.05, 0) is 77.1 Å². The summed E-state index contributed by atoms with van der Waals surface area (Å²) in [6.07, 6.45) is 4.14. The molecule has 0 saturated heterocycles. The molecule has 1 amide bonds. The molecule has 4 heterocycles. The monoisotopic (exact) mass is 678 g/mol. The standard InChI is InChI=1S/C40H42N2O6S/c1-29(41)34-15-9-32(10-16-34)26-42-40(44)35-23-30-11-17-37(18-12-30)47-21-5-6-22-48-38-19-13-31(14-20-38)24-36(39(43)25-35)28-49(45,46)27-33-7-3-2-4-8-33/h2-20,35-36H,1,21-28,41H2,(H,42,44)/t35-,36+/m1/s1. The van der Waals surface area contributed by atoms with Crippen LogP contribution >= 0.6 is 0 Å². The van der Waals surface area contributed by atoms with Crippen LogP contribution in [0.2, 0.25) is 0 Å². The van der Waals surface area contributed by atoms with Gasteiger partial charge in [0, 0.05) is 30.5 Å². The number of Topliss-reactive ketones (excluding diaryl/α,β-unsaturated/α-hetero) is 1. The summed E-state index contributed by atoms with van der Waals surface area (Å²) in [7, 11) is -3.67. The Morgan fingerprint density at radius 2 is 1.33 bits per heavy atom. The van der Waals surface area contributed by atoms with E-state index >= 15 is 0 Å². The van der Waals surface area contributed by atoms with Crippen molar-refractivity contribution in [2.75, 3.05) is 19.0 Å². The van der Waals surface area contributed by atoms with E-state index in [2.05, 4.69) is 11.9 Å². The number of nitrogens with one attached hydrogen (secondary N) is 1. The van der Waals surface area contributed by atoms with E-state index in [0.29, 0.717) is 42.4 Å². The lowest BCUT2D eigenvalue weighted by Gasteiger charge is -2.21. The Morgan fingerprint density at radius 1 is 0.755 bits per heavy atom. The van der Waals surface area contributed by atoms with Crippen LogP contribution in [0.3, 0.4) is 0 Å². The van der Waals surface area contributed by atoms with E-state index in [0.717, 1.165) is 22.3 Å². The van der Waals surface area contributed by atoms with Gasteiger partial charge in [0.05, 0.1) is 11.5 Å². The van der Waals surface area contributed by atoms with Crippen molar-refractivity contribution < 1.29 is 27.5 Å². The molecule has 0 fully saturated rings. The summed E-state index contributed by atoms with van der Waals surface area (Å²) in [6, 6.07) is 31.1. The highest BCUT2D eigenvalue weighted by atomic mass is 32.2. The minimum Gasteiger partial charge on any atom is -0.490 e. The summed E-state index contributed by atoms with van der Waals surface area (Å²) in [5.41, 5.74) is 10.2. The molecule has 0 radical (unpaired) electrons. The molecule has 0 spiro atoms. The molecule has 4 aromatic rings. The summed E-state index contributed by atoms with van der Waals surface area (Å²) < 4.78 is 38.6. The van der Waals surface area contributed by atoms with Gasteiger partial charge in [-0.15, -0.1) is 0 Å². The fraction of sp³-hybridized carbons (Fsp3) is 0.250. The zero-order chi connectivity index (χ0) is 34.6. The zero-order valence-corrected chi connectivity index (χ0v) is 28.2. The quantitative estimate of drug-likeness (QED) is 0.224. The van der Waals surface area contributed by atoms with E-state index in [9.17, 15) is 18.0 Å². The fourth-order valence-electron chi connectivity index (χ4n) is 5.73. The summed E-state index contributed by atoms with van der Waals surface area (Å²) in [5.74, 6) is -1.33. The van der Waals surface area contributed by atoms with E-state index in [-0.39, 0.29) is 42.6 Å². The molecule has 254 valence electrons. The minimum atomic E-state index is -3.67. The largest absolute Gasteiger partial charge is 0.490 e. The first-order chi connectivity index (χ1) is 23.6. The van der Waals surface area contributed by atoms with Crippen LogP contribution < -0.4 is 20.5 Å². The minimum absolute atomic E-state index is 0.118. The first-order valence-electron chi connectivity index (χ1n) is 16.3. The van der Waals surface area contributed by atoms with E-state index in [1.165, 1.54) is 0 Å². The predicted molar refractivity (Wildman–Crippen MR) is 192 cm³/mol. The Kier molecular flexibility index (Phi) is 12.1. The van der Waals surface area contributed by atoms with Gasteiger partial charge < -0.3 is 20.5 Å². The Hall–Kier alpha value is -5.15.